The zero-order valence-electron chi connectivity index (χ0n) is 16.4. The summed E-state index contributed by atoms with van der Waals surface area (Å²) >= 11 is 1.54. The largest absolute Gasteiger partial charge is 0.339 e. The summed E-state index contributed by atoms with van der Waals surface area (Å²) in [6.45, 7) is 6.26. The van der Waals surface area contributed by atoms with Crippen LogP contribution in [0.1, 0.15) is 17.1 Å². The Morgan fingerprint density at radius 3 is 2.31 bits per heavy atom. The molecule has 1 aliphatic heterocycles. The fourth-order valence-corrected chi connectivity index (χ4v) is 4.35. The Labute approximate surface area is 171 Å². The summed E-state index contributed by atoms with van der Waals surface area (Å²) in [5.74, 6) is -0.0126. The molecule has 1 saturated heterocycles. The maximum absolute atomic E-state index is 12.7. The van der Waals surface area contributed by atoms with Crippen LogP contribution in [0, 0.1) is 13.8 Å². The predicted molar refractivity (Wildman–Crippen MR) is 106 cm³/mol. The smallest absolute Gasteiger partial charge is 0.244 e. The van der Waals surface area contributed by atoms with Gasteiger partial charge in [0.05, 0.1) is 12.1 Å². The highest BCUT2D eigenvalue weighted by molar-refractivity contribution is 7.12. The molecule has 3 aromatic rings. The molecule has 0 spiro atoms. The molecule has 10 nitrogen and oxygen atoms in total. The molecule has 0 saturated carbocycles. The van der Waals surface area contributed by atoms with Crippen molar-refractivity contribution in [3.63, 3.8) is 0 Å². The minimum absolute atomic E-state index is 0.0374. The van der Waals surface area contributed by atoms with Crippen molar-refractivity contribution in [1.29, 1.82) is 0 Å². The molecule has 1 aliphatic rings. The van der Waals surface area contributed by atoms with Crippen molar-refractivity contribution in [2.45, 2.75) is 26.8 Å². The molecule has 4 heterocycles. The number of amides is 2. The van der Waals surface area contributed by atoms with Crippen LogP contribution in [0.15, 0.2) is 23.8 Å². The Kier molecular flexibility index (Phi) is 5.38. The monoisotopic (exact) mass is 414 g/mol. The second-order valence-electron chi connectivity index (χ2n) is 7.02. The van der Waals surface area contributed by atoms with Gasteiger partial charge in [-0.3, -0.25) is 14.2 Å². The van der Waals surface area contributed by atoms with Crippen LogP contribution in [0.25, 0.3) is 5.13 Å². The van der Waals surface area contributed by atoms with Gasteiger partial charge in [-0.2, -0.15) is 0 Å². The van der Waals surface area contributed by atoms with E-state index in [-0.39, 0.29) is 24.8 Å². The topological polar surface area (TPSA) is 102 Å². The molecule has 0 unspecified atom stereocenters. The van der Waals surface area contributed by atoms with Crippen LogP contribution in [0.5, 0.6) is 0 Å². The molecule has 4 rings (SSSR count). The van der Waals surface area contributed by atoms with Crippen molar-refractivity contribution in [2.24, 2.45) is 0 Å². The zero-order valence-corrected chi connectivity index (χ0v) is 17.2. The van der Waals surface area contributed by atoms with Crippen molar-refractivity contribution in [3.8, 4) is 5.13 Å². The minimum atomic E-state index is -0.0500. The first-order chi connectivity index (χ1) is 14.0. The molecule has 11 heteroatoms. The predicted octanol–water partition coefficient (Wildman–Crippen LogP) is 0.451. The van der Waals surface area contributed by atoms with E-state index in [0.717, 1.165) is 22.2 Å². The molecule has 1 fully saturated rings. The van der Waals surface area contributed by atoms with Crippen LogP contribution in [-0.2, 0) is 22.6 Å². The highest BCUT2D eigenvalue weighted by atomic mass is 32.1. The SMILES string of the molecule is Cc1ccc(C)n1-c1nc(CC(=O)N2CCN(C(=O)Cn3cnnn3)CC2)cs1. The molecule has 3 aromatic heterocycles. The van der Waals surface area contributed by atoms with E-state index in [1.54, 1.807) is 9.80 Å². The first-order valence-corrected chi connectivity index (χ1v) is 10.3. The highest BCUT2D eigenvalue weighted by Crippen LogP contribution is 2.21. The molecule has 0 N–H and O–H groups in total. The number of hydrogen-bond donors (Lipinski definition) is 0. The summed E-state index contributed by atoms with van der Waals surface area (Å²) in [6.07, 6.45) is 1.69. The van der Waals surface area contributed by atoms with Gasteiger partial charge in [0.1, 0.15) is 12.9 Å². The van der Waals surface area contributed by atoms with Gasteiger partial charge < -0.3 is 9.80 Å². The van der Waals surface area contributed by atoms with Gasteiger partial charge in [0.15, 0.2) is 5.13 Å². The van der Waals surface area contributed by atoms with Crippen LogP contribution in [0.4, 0.5) is 0 Å². The minimum Gasteiger partial charge on any atom is -0.339 e. The maximum Gasteiger partial charge on any atom is 0.244 e. The van der Waals surface area contributed by atoms with Crippen LogP contribution in [0.2, 0.25) is 0 Å². The molecule has 0 aliphatic carbocycles. The Balaban J connectivity index is 1.31. The number of hydrogen-bond acceptors (Lipinski definition) is 7. The normalized spacial score (nSPS) is 14.4. The van der Waals surface area contributed by atoms with Crippen molar-refractivity contribution >= 4 is 23.2 Å². The summed E-state index contributed by atoms with van der Waals surface area (Å²) < 4.78 is 3.49. The van der Waals surface area contributed by atoms with E-state index in [1.807, 2.05) is 19.2 Å². The summed E-state index contributed by atoms with van der Waals surface area (Å²) in [6, 6.07) is 4.11. The number of carbonyl (C=O) groups is 2. The molecule has 29 heavy (non-hydrogen) atoms. The van der Waals surface area contributed by atoms with E-state index in [4.69, 9.17) is 0 Å². The molecule has 0 aromatic carbocycles. The summed E-state index contributed by atoms with van der Waals surface area (Å²) in [5, 5.41) is 13.6. The van der Waals surface area contributed by atoms with Crippen molar-refractivity contribution in [1.82, 2.24) is 39.6 Å². The first kappa shape index (κ1) is 19.2. The number of tetrazole rings is 1. The average molecular weight is 414 g/mol. The third-order valence-corrected chi connectivity index (χ3v) is 5.88. The Hall–Kier alpha value is -3.08. The van der Waals surface area contributed by atoms with Crippen LogP contribution in [-0.4, -0.2) is 77.6 Å². The fourth-order valence-electron chi connectivity index (χ4n) is 3.41. The molecule has 0 atom stereocenters. The number of aromatic nitrogens is 6. The zero-order chi connectivity index (χ0) is 20.4. The van der Waals surface area contributed by atoms with E-state index in [0.29, 0.717) is 26.2 Å². The average Bonchev–Trinajstić information content (AvgIpc) is 3.45. The van der Waals surface area contributed by atoms with Crippen molar-refractivity contribution in [2.75, 3.05) is 26.2 Å². The van der Waals surface area contributed by atoms with Gasteiger partial charge in [0.2, 0.25) is 11.8 Å². The third-order valence-electron chi connectivity index (χ3n) is 5.01. The Bertz CT molecular complexity index is 982. The second kappa shape index (κ2) is 8.11. The van der Waals surface area contributed by atoms with Gasteiger partial charge in [-0.05, 0) is 36.4 Å². The molecular formula is C18H22N8O2S. The number of piperazine rings is 1. The summed E-state index contributed by atoms with van der Waals surface area (Å²) in [5.41, 5.74) is 3.02. The number of nitrogens with zero attached hydrogens (tertiary/aromatic N) is 8. The quantitative estimate of drug-likeness (QED) is 0.601. The van der Waals surface area contributed by atoms with E-state index in [2.05, 4.69) is 37.2 Å². The molecule has 0 radical (unpaired) electrons. The third kappa shape index (κ3) is 4.19. The van der Waals surface area contributed by atoms with E-state index in [9.17, 15) is 9.59 Å². The van der Waals surface area contributed by atoms with E-state index >= 15 is 0 Å². The number of aryl methyl sites for hydroxylation is 2. The standard InChI is InChI=1S/C18H22N8O2S/c1-13-3-4-14(2)26(13)18-20-15(11-29-18)9-16(27)23-5-7-24(8-6-23)17(28)10-25-12-19-21-22-25/h3-4,11-12H,5-10H2,1-2H3. The van der Waals surface area contributed by atoms with Crippen LogP contribution >= 0.6 is 11.3 Å². The Morgan fingerprint density at radius 1 is 1.03 bits per heavy atom. The fraction of sp³-hybridized carbons (Fsp3) is 0.444. The molecule has 2 amide bonds. The summed E-state index contributed by atoms with van der Waals surface area (Å²) in [4.78, 5) is 33.2. The lowest BCUT2D eigenvalue weighted by Gasteiger charge is -2.34. The number of thiazole rings is 1. The van der Waals surface area contributed by atoms with E-state index in [1.165, 1.54) is 22.3 Å². The lowest BCUT2D eigenvalue weighted by Crippen LogP contribution is -2.51. The van der Waals surface area contributed by atoms with Crippen LogP contribution in [0.3, 0.4) is 0 Å². The maximum atomic E-state index is 12.7. The lowest BCUT2D eigenvalue weighted by molar-refractivity contribution is -0.139. The van der Waals surface area contributed by atoms with E-state index < -0.39 is 0 Å². The van der Waals surface area contributed by atoms with Gasteiger partial charge in [-0.15, -0.1) is 16.4 Å². The molecular weight excluding hydrogens is 392 g/mol. The van der Waals surface area contributed by atoms with Gasteiger partial charge in [-0.1, -0.05) is 0 Å². The molecule has 0 bridgehead atoms. The van der Waals surface area contributed by atoms with Crippen molar-refractivity contribution in [3.05, 3.63) is 40.9 Å². The number of rotatable bonds is 5. The summed E-state index contributed by atoms with van der Waals surface area (Å²) in [7, 11) is 0. The number of carbonyl (C=O) groups excluding carboxylic acids is 2. The van der Waals surface area contributed by atoms with Crippen LogP contribution < -0.4 is 0 Å². The van der Waals surface area contributed by atoms with Gasteiger partial charge >= 0.3 is 0 Å². The lowest BCUT2D eigenvalue weighted by atomic mass is 10.2. The Morgan fingerprint density at radius 2 is 1.69 bits per heavy atom. The van der Waals surface area contributed by atoms with Gasteiger partial charge in [0.25, 0.3) is 0 Å². The van der Waals surface area contributed by atoms with Gasteiger partial charge in [0, 0.05) is 42.9 Å². The first-order valence-electron chi connectivity index (χ1n) is 9.37. The second-order valence-corrected chi connectivity index (χ2v) is 7.86. The molecule has 152 valence electrons. The van der Waals surface area contributed by atoms with Crippen molar-refractivity contribution < 1.29 is 9.59 Å². The van der Waals surface area contributed by atoms with Gasteiger partial charge in [-0.25, -0.2) is 9.67 Å². The highest BCUT2D eigenvalue weighted by Gasteiger charge is 2.25.